The summed E-state index contributed by atoms with van der Waals surface area (Å²) in [7, 11) is 0. The molecule has 1 aromatic carbocycles. The third-order valence-electron chi connectivity index (χ3n) is 6.19. The maximum Gasteiger partial charge on any atom is 0.228 e. The lowest BCUT2D eigenvalue weighted by Crippen LogP contribution is -2.51. The van der Waals surface area contributed by atoms with Gasteiger partial charge in [0.2, 0.25) is 11.8 Å². The largest absolute Gasteiger partial charge is 0.353 e. The van der Waals surface area contributed by atoms with Crippen LogP contribution in [-0.4, -0.2) is 59.4 Å². The van der Waals surface area contributed by atoms with Crippen molar-refractivity contribution in [3.8, 4) is 0 Å². The van der Waals surface area contributed by atoms with Gasteiger partial charge in [-0.15, -0.1) is 0 Å². The fraction of sp³-hybridized carbons (Fsp3) is 0.500. The van der Waals surface area contributed by atoms with Crippen LogP contribution in [0.3, 0.4) is 0 Å². The minimum absolute atomic E-state index is 0.0322. The number of hydrogen-bond donors (Lipinski definition) is 0. The second-order valence-corrected chi connectivity index (χ2v) is 8.88. The third kappa shape index (κ3) is 4.55. The van der Waals surface area contributed by atoms with Crippen LogP contribution in [0.5, 0.6) is 0 Å². The second-order valence-electron chi connectivity index (χ2n) is 8.88. The lowest BCUT2D eigenvalue weighted by Gasteiger charge is -2.36. The third-order valence-corrected chi connectivity index (χ3v) is 6.19. The molecule has 4 rings (SSSR count). The molecule has 0 N–H and O–H groups in total. The summed E-state index contributed by atoms with van der Waals surface area (Å²) in [6.07, 6.45) is 0.287. The number of nitrogens with zero attached hydrogens (tertiary/aromatic N) is 5. The molecule has 0 bridgehead atoms. The van der Waals surface area contributed by atoms with Crippen LogP contribution >= 0.6 is 0 Å². The van der Waals surface area contributed by atoms with E-state index in [-0.39, 0.29) is 24.2 Å². The highest BCUT2D eigenvalue weighted by Gasteiger charge is 2.38. The molecule has 2 amide bonds. The van der Waals surface area contributed by atoms with Crippen LogP contribution in [0.15, 0.2) is 30.3 Å². The van der Waals surface area contributed by atoms with Gasteiger partial charge in [0.05, 0.1) is 5.92 Å². The molecule has 2 saturated heterocycles. The van der Waals surface area contributed by atoms with E-state index in [1.807, 2.05) is 36.9 Å². The van der Waals surface area contributed by atoms with E-state index in [1.165, 1.54) is 5.56 Å². The molecule has 1 aromatic heterocycles. The molecular weight excluding hydrogens is 390 g/mol. The minimum Gasteiger partial charge on any atom is -0.353 e. The number of carbonyl (C=O) groups is 2. The summed E-state index contributed by atoms with van der Waals surface area (Å²) >= 11 is 0. The smallest absolute Gasteiger partial charge is 0.228 e. The molecule has 1 unspecified atom stereocenters. The van der Waals surface area contributed by atoms with Gasteiger partial charge in [0.15, 0.2) is 0 Å². The van der Waals surface area contributed by atoms with Crippen LogP contribution in [0.25, 0.3) is 0 Å². The average Bonchev–Trinajstić information content (AvgIpc) is 3.14. The zero-order valence-corrected chi connectivity index (χ0v) is 18.8. The predicted octanol–water partition coefficient (Wildman–Crippen LogP) is 2.92. The molecule has 31 heavy (non-hydrogen) atoms. The number of rotatable bonds is 4. The van der Waals surface area contributed by atoms with Crippen LogP contribution in [-0.2, 0) is 9.59 Å². The zero-order chi connectivity index (χ0) is 22.1. The highest BCUT2D eigenvalue weighted by Crippen LogP contribution is 2.29. The molecule has 7 heteroatoms. The van der Waals surface area contributed by atoms with Crippen LogP contribution < -0.4 is 9.80 Å². The number of aryl methyl sites for hydroxylation is 2. The summed E-state index contributed by atoms with van der Waals surface area (Å²) in [4.78, 5) is 40.6. The first-order chi connectivity index (χ1) is 14.8. The molecule has 0 saturated carbocycles. The zero-order valence-electron chi connectivity index (χ0n) is 18.8. The van der Waals surface area contributed by atoms with Gasteiger partial charge in [-0.1, -0.05) is 26.0 Å². The monoisotopic (exact) mass is 421 g/mol. The van der Waals surface area contributed by atoms with Crippen molar-refractivity contribution < 1.29 is 9.59 Å². The van der Waals surface area contributed by atoms with Crippen molar-refractivity contribution in [3.63, 3.8) is 0 Å². The van der Waals surface area contributed by atoms with Crippen molar-refractivity contribution >= 4 is 23.3 Å². The fourth-order valence-electron chi connectivity index (χ4n) is 4.45. The molecule has 0 radical (unpaired) electrons. The molecule has 2 aliphatic rings. The summed E-state index contributed by atoms with van der Waals surface area (Å²) < 4.78 is 0. The maximum atomic E-state index is 13.2. The first kappa shape index (κ1) is 21.3. The summed E-state index contributed by atoms with van der Waals surface area (Å²) in [5, 5.41) is 0. The normalized spacial score (nSPS) is 19.5. The molecule has 0 spiro atoms. The molecule has 7 nitrogen and oxygen atoms in total. The van der Waals surface area contributed by atoms with Crippen molar-refractivity contribution in [2.45, 2.75) is 40.0 Å². The molecule has 2 aliphatic heterocycles. The van der Waals surface area contributed by atoms with Crippen LogP contribution in [0.2, 0.25) is 0 Å². The van der Waals surface area contributed by atoms with E-state index in [0.717, 1.165) is 36.1 Å². The number of carbonyl (C=O) groups excluding carboxylic acids is 2. The predicted molar refractivity (Wildman–Crippen MR) is 121 cm³/mol. The van der Waals surface area contributed by atoms with Crippen LogP contribution in [0.4, 0.5) is 11.5 Å². The Bertz CT molecular complexity index is 961. The van der Waals surface area contributed by atoms with E-state index in [2.05, 4.69) is 40.8 Å². The number of anilines is 2. The molecule has 1 atom stereocenters. The lowest BCUT2D eigenvalue weighted by atomic mass is 10.0. The second kappa shape index (κ2) is 8.65. The Morgan fingerprint density at radius 2 is 1.81 bits per heavy atom. The van der Waals surface area contributed by atoms with Crippen molar-refractivity contribution in [2.24, 2.45) is 5.92 Å². The van der Waals surface area contributed by atoms with Crippen molar-refractivity contribution in [3.05, 3.63) is 47.4 Å². The summed E-state index contributed by atoms with van der Waals surface area (Å²) in [6.45, 7) is 11.4. The van der Waals surface area contributed by atoms with Gasteiger partial charge < -0.3 is 14.7 Å². The van der Waals surface area contributed by atoms with Crippen molar-refractivity contribution in [1.82, 2.24) is 14.9 Å². The van der Waals surface area contributed by atoms with E-state index in [4.69, 9.17) is 0 Å². The standard InChI is InChI=1S/C24H31N5O2/c1-16(2)19-6-5-7-21(13-19)29-15-20(14-23(29)30)24(31)28-10-8-27(9-11-28)22-12-17(3)25-18(4)26-22/h5-7,12-13,16,20H,8-11,14-15H2,1-4H3. The Morgan fingerprint density at radius 1 is 1.06 bits per heavy atom. The summed E-state index contributed by atoms with van der Waals surface area (Å²) in [5.41, 5.74) is 3.05. The number of piperazine rings is 1. The van der Waals surface area contributed by atoms with Gasteiger partial charge in [-0.2, -0.15) is 0 Å². The number of aromatic nitrogens is 2. The van der Waals surface area contributed by atoms with E-state index >= 15 is 0 Å². The van der Waals surface area contributed by atoms with E-state index in [0.29, 0.717) is 25.6 Å². The summed E-state index contributed by atoms with van der Waals surface area (Å²) in [6, 6.07) is 10.1. The first-order valence-electron chi connectivity index (χ1n) is 11.1. The number of hydrogen-bond acceptors (Lipinski definition) is 5. The Kier molecular flexibility index (Phi) is 5.94. The van der Waals surface area contributed by atoms with Gasteiger partial charge >= 0.3 is 0 Å². The maximum absolute atomic E-state index is 13.2. The average molecular weight is 422 g/mol. The SMILES string of the molecule is Cc1cc(N2CCN(C(=O)C3CC(=O)N(c4cccc(C(C)C)c4)C3)CC2)nc(C)n1. The molecule has 164 valence electrons. The van der Waals surface area contributed by atoms with Gasteiger partial charge in [0.25, 0.3) is 0 Å². The Labute approximate surface area is 184 Å². The van der Waals surface area contributed by atoms with Gasteiger partial charge in [0.1, 0.15) is 11.6 Å². The molecule has 3 heterocycles. The number of amides is 2. The molecular formula is C24H31N5O2. The van der Waals surface area contributed by atoms with E-state index < -0.39 is 0 Å². The number of benzene rings is 1. The quantitative estimate of drug-likeness (QED) is 0.759. The van der Waals surface area contributed by atoms with Crippen LogP contribution in [0.1, 0.15) is 43.3 Å². The molecule has 2 aromatic rings. The highest BCUT2D eigenvalue weighted by atomic mass is 16.2. The highest BCUT2D eigenvalue weighted by molar-refractivity contribution is 6.00. The van der Waals surface area contributed by atoms with Gasteiger partial charge in [0, 0.05) is 56.6 Å². The van der Waals surface area contributed by atoms with Crippen molar-refractivity contribution in [1.29, 1.82) is 0 Å². The summed E-state index contributed by atoms with van der Waals surface area (Å²) in [5.74, 6) is 1.93. The molecule has 2 fully saturated rings. The lowest BCUT2D eigenvalue weighted by molar-refractivity contribution is -0.136. The van der Waals surface area contributed by atoms with Crippen molar-refractivity contribution in [2.75, 3.05) is 42.5 Å². The van der Waals surface area contributed by atoms with E-state index in [9.17, 15) is 9.59 Å². The first-order valence-corrected chi connectivity index (χ1v) is 11.1. The Hall–Kier alpha value is -2.96. The van der Waals surface area contributed by atoms with Gasteiger partial charge in [-0.05, 0) is 37.5 Å². The van der Waals surface area contributed by atoms with Gasteiger partial charge in [-0.3, -0.25) is 9.59 Å². The Balaban J connectivity index is 1.38. The molecule has 0 aliphatic carbocycles. The fourth-order valence-corrected chi connectivity index (χ4v) is 4.45. The van der Waals surface area contributed by atoms with Crippen LogP contribution in [0, 0.1) is 19.8 Å². The minimum atomic E-state index is -0.273. The van der Waals surface area contributed by atoms with Gasteiger partial charge in [-0.25, -0.2) is 9.97 Å². The van der Waals surface area contributed by atoms with E-state index in [1.54, 1.807) is 4.90 Å². The topological polar surface area (TPSA) is 69.6 Å². The Morgan fingerprint density at radius 3 is 2.48 bits per heavy atom.